The molecule has 19 nitrogen and oxygen atoms in total. The van der Waals surface area contributed by atoms with Gasteiger partial charge in [-0.1, -0.05) is 30.0 Å². The predicted molar refractivity (Wildman–Crippen MR) is 190 cm³/mol. The first-order valence-corrected chi connectivity index (χ1v) is 19.6. The van der Waals surface area contributed by atoms with Crippen molar-refractivity contribution in [1.29, 1.82) is 0 Å². The van der Waals surface area contributed by atoms with Crippen molar-refractivity contribution in [3.05, 3.63) is 108 Å². The molecule has 0 aliphatic carbocycles. The van der Waals surface area contributed by atoms with Crippen LogP contribution in [0.25, 0.3) is 10.8 Å². The maximum Gasteiger partial charge on any atom is 1.00 e. The van der Waals surface area contributed by atoms with Crippen LogP contribution in [0.1, 0.15) is 10.4 Å². The Morgan fingerprint density at radius 1 is 0.610 bits per heavy atom. The Bertz CT molecular complexity index is 2890. The van der Waals surface area contributed by atoms with Crippen LogP contribution >= 0.6 is 11.6 Å². The summed E-state index contributed by atoms with van der Waals surface area (Å²) in [5.41, 5.74) is -0.869. The third-order valence-corrected chi connectivity index (χ3v) is 10.1. The van der Waals surface area contributed by atoms with Gasteiger partial charge in [-0.05, 0) is 95.2 Å². The average molecular weight is 915 g/mol. The van der Waals surface area contributed by atoms with E-state index in [-0.39, 0.29) is 169 Å². The zero-order valence-corrected chi connectivity index (χ0v) is 42.3. The fourth-order valence-electron chi connectivity index (χ4n) is 4.92. The second-order valence-corrected chi connectivity index (χ2v) is 15.5. The number of halogens is 1. The standard InChI is InChI=1S/C32H23ClN8O11S3.4Na/c33-30-37-31(34-19-7-10-21(11-8-19)53(44,45)46)39-32(38-30)35-20-9-13-26(55(50,51)52)24(15-20)41-40-23-12-6-18-14-22(54(47,48)49)16-25(27(18)28(23)42)36-29(43)17-4-2-1-3-5-17;;;;/h1-16,42H,(H,36,43)(H,44,45,46)(H,47,48,49)(H,50,51,52)(H2,34,35,37,38,39);;;;/q;4*+1/p-4. The Morgan fingerprint density at radius 2 is 1.17 bits per heavy atom. The summed E-state index contributed by atoms with van der Waals surface area (Å²) in [6, 6.07) is 19.5. The third kappa shape index (κ3) is 13.7. The van der Waals surface area contributed by atoms with Crippen molar-refractivity contribution in [3.63, 3.8) is 0 Å². The molecular formula is C32H19ClN8Na4O11S3. The van der Waals surface area contributed by atoms with Gasteiger partial charge in [0, 0.05) is 22.6 Å². The molecule has 282 valence electrons. The molecule has 59 heavy (non-hydrogen) atoms. The molecule has 0 atom stereocenters. The molecule has 1 aromatic heterocycles. The number of hydrogen-bond donors (Lipinski definition) is 3. The van der Waals surface area contributed by atoms with Gasteiger partial charge in [0.25, 0.3) is 5.91 Å². The monoisotopic (exact) mass is 914 g/mol. The van der Waals surface area contributed by atoms with E-state index < -0.39 is 68.1 Å². The fraction of sp³-hybridized carbons (Fsp3) is 0. The first-order chi connectivity index (χ1) is 25.8. The van der Waals surface area contributed by atoms with Crippen LogP contribution in [0.4, 0.5) is 40.3 Å². The number of carbonyl (C=O) groups is 1. The summed E-state index contributed by atoms with van der Waals surface area (Å²) >= 11 is 6.04. The van der Waals surface area contributed by atoms with Crippen LogP contribution in [0.3, 0.4) is 0 Å². The molecule has 6 aromatic rings. The third-order valence-electron chi connectivity index (χ3n) is 7.35. The molecule has 0 spiro atoms. The number of carbonyl (C=O) groups excluding carboxylic acids is 1. The number of anilines is 5. The molecule has 27 heteroatoms. The summed E-state index contributed by atoms with van der Waals surface area (Å²) < 4.78 is 106. The maximum atomic E-state index is 13.7. The van der Waals surface area contributed by atoms with Gasteiger partial charge in [0.15, 0.2) is 0 Å². The molecule has 1 heterocycles. The van der Waals surface area contributed by atoms with Gasteiger partial charge in [0.1, 0.15) is 36.0 Å². The molecule has 0 unspecified atom stereocenters. The largest absolute Gasteiger partial charge is 1.00 e. The number of benzene rings is 5. The van der Waals surface area contributed by atoms with Crippen molar-refractivity contribution >= 4 is 99.0 Å². The minimum absolute atomic E-state index is 0. The molecule has 3 N–H and O–H groups in total. The van der Waals surface area contributed by atoms with Crippen LogP contribution in [0, 0.1) is 0 Å². The van der Waals surface area contributed by atoms with Gasteiger partial charge in [-0.2, -0.15) is 20.1 Å². The summed E-state index contributed by atoms with van der Waals surface area (Å²) in [6.45, 7) is 0. The Kier molecular flexibility index (Phi) is 19.6. The van der Waals surface area contributed by atoms with E-state index in [9.17, 15) is 48.8 Å². The summed E-state index contributed by atoms with van der Waals surface area (Å²) in [6.07, 6.45) is 0. The molecule has 0 saturated heterocycles. The quantitative estimate of drug-likeness (QED) is 0.0618. The zero-order chi connectivity index (χ0) is 39.7. The molecule has 0 radical (unpaired) electrons. The number of hydrogen-bond acceptors (Lipinski definition) is 18. The van der Waals surface area contributed by atoms with Gasteiger partial charge >= 0.3 is 118 Å². The van der Waals surface area contributed by atoms with E-state index in [2.05, 4.69) is 41.1 Å². The van der Waals surface area contributed by atoms with Crippen LogP contribution in [0.15, 0.2) is 122 Å². The van der Waals surface area contributed by atoms with E-state index in [1.54, 1.807) is 18.2 Å². The molecule has 0 aliphatic rings. The van der Waals surface area contributed by atoms with Crippen molar-refractivity contribution < 1.29 is 167 Å². The van der Waals surface area contributed by atoms with Crippen molar-refractivity contribution in [2.45, 2.75) is 14.7 Å². The molecule has 5 aromatic carbocycles. The van der Waals surface area contributed by atoms with E-state index in [0.717, 1.165) is 48.5 Å². The van der Waals surface area contributed by atoms with E-state index >= 15 is 0 Å². The first kappa shape index (κ1) is 53.0. The first-order valence-electron chi connectivity index (χ1n) is 15.0. The Balaban J connectivity index is 0.00000300. The van der Waals surface area contributed by atoms with Crippen molar-refractivity contribution in [3.8, 4) is 5.75 Å². The SMILES string of the molecule is O=C(Nc1cc(S(=O)(=O)[O-])cc2ccc(N=Nc3cc(Nc4nc(Cl)nc(Nc5ccc(S(=O)(=O)[O-])cc5)n4)ccc3S(=O)(=O)[O-])c([O-])c12)c1ccccc1.[Na+].[Na+].[Na+].[Na+]. The second-order valence-electron chi connectivity index (χ2n) is 11.1. The van der Waals surface area contributed by atoms with Crippen molar-refractivity contribution in [2.75, 3.05) is 16.0 Å². The number of rotatable bonds is 11. The maximum absolute atomic E-state index is 13.7. The molecule has 0 fully saturated rings. The van der Waals surface area contributed by atoms with Crippen LogP contribution < -0.4 is 139 Å². The van der Waals surface area contributed by atoms with Crippen LogP contribution in [-0.2, 0) is 30.4 Å². The fourth-order valence-corrected chi connectivity index (χ4v) is 6.67. The van der Waals surface area contributed by atoms with Gasteiger partial charge in [0.05, 0.1) is 20.4 Å². The Labute approximate surface area is 429 Å². The predicted octanol–water partition coefficient (Wildman–Crippen LogP) is -7.37. The van der Waals surface area contributed by atoms with Crippen molar-refractivity contribution in [1.82, 2.24) is 15.0 Å². The molecule has 0 aliphatic heterocycles. The van der Waals surface area contributed by atoms with E-state index in [4.69, 9.17) is 11.6 Å². The van der Waals surface area contributed by atoms with E-state index in [1.165, 1.54) is 30.3 Å². The van der Waals surface area contributed by atoms with Gasteiger partial charge in [-0.25, -0.2) is 25.3 Å². The Morgan fingerprint density at radius 3 is 1.75 bits per heavy atom. The molecule has 0 saturated carbocycles. The summed E-state index contributed by atoms with van der Waals surface area (Å²) in [5.74, 6) is -2.00. The number of amides is 1. The second kappa shape index (κ2) is 21.8. The van der Waals surface area contributed by atoms with Gasteiger partial charge in [-0.3, -0.25) is 4.79 Å². The minimum atomic E-state index is -5.17. The number of aromatic nitrogens is 3. The normalized spacial score (nSPS) is 11.3. The molecule has 0 bridgehead atoms. The Hall–Kier alpha value is -2.14. The molecule has 6 rings (SSSR count). The van der Waals surface area contributed by atoms with E-state index in [1.807, 2.05) is 0 Å². The minimum Gasteiger partial charge on any atom is -0.870 e. The summed E-state index contributed by atoms with van der Waals surface area (Å²) in [4.78, 5) is 22.9. The number of azo groups is 1. The van der Waals surface area contributed by atoms with Gasteiger partial charge in [0.2, 0.25) is 17.2 Å². The topological polar surface area (TPSA) is 311 Å². The zero-order valence-electron chi connectivity index (χ0n) is 31.1. The molecule has 1 amide bonds. The van der Waals surface area contributed by atoms with Gasteiger partial charge in [-0.15, -0.1) is 5.11 Å². The number of nitrogens with one attached hydrogen (secondary N) is 3. The van der Waals surface area contributed by atoms with E-state index in [0.29, 0.717) is 0 Å². The van der Waals surface area contributed by atoms with Crippen LogP contribution in [0.2, 0.25) is 5.28 Å². The van der Waals surface area contributed by atoms with Crippen LogP contribution in [0.5, 0.6) is 5.75 Å². The molecular weight excluding hydrogens is 896 g/mol. The van der Waals surface area contributed by atoms with Gasteiger partial charge < -0.3 is 34.7 Å². The van der Waals surface area contributed by atoms with Crippen LogP contribution in [-0.4, -0.2) is 59.8 Å². The summed E-state index contributed by atoms with van der Waals surface area (Å²) in [7, 11) is -14.9. The number of fused-ring (bicyclic) bond motifs is 1. The summed E-state index contributed by atoms with van der Waals surface area (Å²) in [5, 5.41) is 28.6. The smallest absolute Gasteiger partial charge is 0.870 e. The van der Waals surface area contributed by atoms with Crippen molar-refractivity contribution in [2.24, 2.45) is 10.2 Å². The average Bonchev–Trinajstić information content (AvgIpc) is 3.10. The number of nitrogens with zero attached hydrogens (tertiary/aromatic N) is 5.